The summed E-state index contributed by atoms with van der Waals surface area (Å²) in [5.41, 5.74) is 7.53. The average molecular weight is 524 g/mol. The molecule has 1 saturated heterocycles. The molecule has 13 heteroatoms. The first kappa shape index (κ1) is 26.5. The molecule has 202 valence electrons. The Labute approximate surface area is 220 Å². The Hall–Kier alpha value is -4.55. The topological polar surface area (TPSA) is 173 Å². The van der Waals surface area contributed by atoms with Gasteiger partial charge in [-0.3, -0.25) is 9.59 Å². The number of anilines is 1. The van der Waals surface area contributed by atoms with Crippen LogP contribution in [0.5, 0.6) is 5.75 Å². The van der Waals surface area contributed by atoms with Crippen LogP contribution in [0.25, 0.3) is 0 Å². The Morgan fingerprint density at radius 1 is 1.29 bits per heavy atom. The fourth-order valence-corrected chi connectivity index (χ4v) is 4.88. The molecule has 13 nitrogen and oxygen atoms in total. The number of hydrogen-bond acceptors (Lipinski definition) is 8. The number of benzene rings is 1. The van der Waals surface area contributed by atoms with Crippen molar-refractivity contribution >= 4 is 23.7 Å². The number of nitrogens with two attached hydrogens (primary N) is 2. The summed E-state index contributed by atoms with van der Waals surface area (Å²) in [6, 6.07) is 6.85. The van der Waals surface area contributed by atoms with Crippen LogP contribution < -0.4 is 37.5 Å². The number of nitrogens with zero attached hydrogens (tertiary/aromatic N) is 5. The van der Waals surface area contributed by atoms with Crippen molar-refractivity contribution in [2.24, 2.45) is 10.7 Å². The van der Waals surface area contributed by atoms with Gasteiger partial charge >= 0.3 is 6.03 Å². The van der Waals surface area contributed by atoms with Crippen LogP contribution in [-0.2, 0) is 22.6 Å². The van der Waals surface area contributed by atoms with Crippen LogP contribution in [0.1, 0.15) is 30.9 Å². The Morgan fingerprint density at radius 3 is 2.84 bits per heavy atom. The number of urea groups is 1. The predicted molar refractivity (Wildman–Crippen MR) is 140 cm³/mol. The number of aromatic nitrogens is 2. The van der Waals surface area contributed by atoms with Gasteiger partial charge in [-0.15, -0.1) is 0 Å². The lowest BCUT2D eigenvalue weighted by Gasteiger charge is -2.33. The molecule has 38 heavy (non-hydrogen) atoms. The van der Waals surface area contributed by atoms with Gasteiger partial charge in [-0.25, -0.2) is 19.4 Å². The monoisotopic (exact) mass is 523 g/mol. The summed E-state index contributed by atoms with van der Waals surface area (Å²) in [4.78, 5) is 48.1. The first-order valence-electron chi connectivity index (χ1n) is 12.4. The minimum absolute atomic E-state index is 0.0740. The maximum absolute atomic E-state index is 13.1. The van der Waals surface area contributed by atoms with Gasteiger partial charge in [0, 0.05) is 44.5 Å². The normalized spacial score (nSPS) is 17.9. The van der Waals surface area contributed by atoms with Crippen LogP contribution >= 0.6 is 0 Å². The van der Waals surface area contributed by atoms with E-state index in [1.807, 2.05) is 24.3 Å². The number of carbonyl (C=O) groups is 3. The highest BCUT2D eigenvalue weighted by molar-refractivity contribution is 5.90. The second-order valence-corrected chi connectivity index (χ2v) is 9.13. The summed E-state index contributed by atoms with van der Waals surface area (Å²) in [5, 5.41) is 4.73. The molecule has 2 aliphatic heterocycles. The van der Waals surface area contributed by atoms with Crippen molar-refractivity contribution in [3.8, 4) is 5.75 Å². The van der Waals surface area contributed by atoms with Crippen molar-refractivity contribution in [3.05, 3.63) is 60.0 Å². The third kappa shape index (κ3) is 5.88. The minimum Gasteiger partial charge on any atom is -0.491 e. The largest absolute Gasteiger partial charge is 0.491 e. The second kappa shape index (κ2) is 11.7. The smallest absolute Gasteiger partial charge is 0.314 e. The zero-order valence-corrected chi connectivity index (χ0v) is 21.3. The lowest BCUT2D eigenvalue weighted by molar-refractivity contribution is -0.137. The van der Waals surface area contributed by atoms with E-state index < -0.39 is 24.0 Å². The molecule has 1 fully saturated rings. The van der Waals surface area contributed by atoms with E-state index in [0.717, 1.165) is 36.3 Å². The molecular weight excluding hydrogens is 490 g/mol. The van der Waals surface area contributed by atoms with Gasteiger partial charge in [-0.1, -0.05) is 18.7 Å². The van der Waals surface area contributed by atoms with Crippen LogP contribution in [0.4, 0.5) is 10.6 Å². The van der Waals surface area contributed by atoms with Crippen molar-refractivity contribution in [1.82, 2.24) is 25.2 Å². The van der Waals surface area contributed by atoms with Gasteiger partial charge in [0.15, 0.2) is 6.17 Å². The molecule has 3 heterocycles. The summed E-state index contributed by atoms with van der Waals surface area (Å²) < 4.78 is 7.77. The van der Waals surface area contributed by atoms with Gasteiger partial charge in [0.1, 0.15) is 18.2 Å². The standard InChI is InChI=1S/C25H33N9O4/c1-3-28-25-29-11-9-21(34(25)27)33-12-5-7-18(33)15-38-20-8-4-6-17-10-13-32(14-19(17)20)23(36)22(30-16(2)35)31-24(26)37/h3-4,6,8-9,11,18,22H,1,5,7,10,12-15,27H2,2H3,(H,30,35)(H3,26,31,37)/t18-,22+/m1/s1. The summed E-state index contributed by atoms with van der Waals surface area (Å²) >= 11 is 0. The fourth-order valence-electron chi connectivity index (χ4n) is 4.88. The van der Waals surface area contributed by atoms with Crippen LogP contribution in [0, 0.1) is 0 Å². The maximum Gasteiger partial charge on any atom is 0.314 e. The molecule has 0 aliphatic carbocycles. The van der Waals surface area contributed by atoms with Gasteiger partial charge in [0.2, 0.25) is 11.5 Å². The predicted octanol–water partition coefficient (Wildman–Crippen LogP) is -0.296. The van der Waals surface area contributed by atoms with E-state index in [9.17, 15) is 14.4 Å². The van der Waals surface area contributed by atoms with Gasteiger partial charge < -0.3 is 36.7 Å². The number of rotatable bonds is 8. The Balaban J connectivity index is 1.49. The minimum atomic E-state index is -1.24. The SMILES string of the molecule is C=CN=c1nccc(N2CCC[C@@H]2COc2cccc3c2CN(C(=O)[C@@H](NC(C)=O)NC(N)=O)CC3)n1N. The van der Waals surface area contributed by atoms with E-state index >= 15 is 0 Å². The number of nitrogen functional groups attached to an aromatic ring is 1. The summed E-state index contributed by atoms with van der Waals surface area (Å²) in [6.45, 7) is 6.81. The van der Waals surface area contributed by atoms with Crippen molar-refractivity contribution in [2.75, 3.05) is 30.4 Å². The number of carbonyl (C=O) groups excluding carboxylic acids is 3. The van der Waals surface area contributed by atoms with Gasteiger partial charge in [0.05, 0.1) is 6.04 Å². The maximum atomic E-state index is 13.1. The molecule has 1 aromatic heterocycles. The molecule has 0 unspecified atom stereocenters. The molecule has 0 bridgehead atoms. The van der Waals surface area contributed by atoms with Gasteiger partial charge in [0.25, 0.3) is 5.91 Å². The van der Waals surface area contributed by atoms with E-state index in [4.69, 9.17) is 16.3 Å². The zero-order valence-electron chi connectivity index (χ0n) is 21.3. The third-order valence-electron chi connectivity index (χ3n) is 6.61. The fraction of sp³-hybridized carbons (Fsp3) is 0.400. The van der Waals surface area contributed by atoms with Gasteiger partial charge in [-0.05, 0) is 37.0 Å². The first-order valence-corrected chi connectivity index (χ1v) is 12.4. The number of fused-ring (bicyclic) bond motifs is 1. The molecule has 6 N–H and O–H groups in total. The summed E-state index contributed by atoms with van der Waals surface area (Å²) in [6.07, 6.45) is 4.33. The van der Waals surface area contributed by atoms with Crippen molar-refractivity contribution in [3.63, 3.8) is 0 Å². The average Bonchev–Trinajstić information content (AvgIpc) is 3.35. The van der Waals surface area contributed by atoms with Crippen LogP contribution in [0.3, 0.4) is 0 Å². The molecule has 2 aromatic rings. The van der Waals surface area contributed by atoms with Crippen LogP contribution in [0.2, 0.25) is 0 Å². The summed E-state index contributed by atoms with van der Waals surface area (Å²) in [7, 11) is 0. The van der Waals surface area contributed by atoms with E-state index in [2.05, 4.69) is 32.1 Å². The highest BCUT2D eigenvalue weighted by Gasteiger charge is 2.31. The van der Waals surface area contributed by atoms with Crippen LogP contribution in [-0.4, -0.2) is 64.3 Å². The first-order chi connectivity index (χ1) is 18.3. The third-order valence-corrected chi connectivity index (χ3v) is 6.61. The molecule has 0 spiro atoms. The zero-order chi connectivity index (χ0) is 27.2. The molecule has 2 aliphatic rings. The summed E-state index contributed by atoms with van der Waals surface area (Å²) in [5.74, 6) is 6.82. The Kier molecular flexibility index (Phi) is 8.14. The van der Waals surface area contributed by atoms with E-state index in [0.29, 0.717) is 30.9 Å². The highest BCUT2D eigenvalue weighted by Crippen LogP contribution is 2.30. The molecule has 1 aromatic carbocycles. The lowest BCUT2D eigenvalue weighted by Crippen LogP contribution is -2.58. The molecule has 4 amide bonds. The van der Waals surface area contributed by atoms with Crippen molar-refractivity contribution in [1.29, 1.82) is 0 Å². The number of amides is 4. The molecule has 2 atom stereocenters. The number of ether oxygens (including phenoxy) is 1. The van der Waals surface area contributed by atoms with Crippen molar-refractivity contribution in [2.45, 2.75) is 44.9 Å². The van der Waals surface area contributed by atoms with E-state index in [1.54, 1.807) is 11.1 Å². The highest BCUT2D eigenvalue weighted by atomic mass is 16.5. The number of nitrogens with one attached hydrogen (secondary N) is 2. The van der Waals surface area contributed by atoms with Crippen molar-refractivity contribution < 1.29 is 19.1 Å². The Bertz CT molecular complexity index is 1280. The second-order valence-electron chi connectivity index (χ2n) is 9.13. The quantitative estimate of drug-likeness (QED) is 0.272. The van der Waals surface area contributed by atoms with E-state index in [-0.39, 0.29) is 12.6 Å². The Morgan fingerprint density at radius 2 is 2.11 bits per heavy atom. The number of primary amides is 1. The molecule has 4 rings (SSSR count). The van der Waals surface area contributed by atoms with Crippen LogP contribution in [0.15, 0.2) is 48.2 Å². The molecule has 0 radical (unpaired) electrons. The van der Waals surface area contributed by atoms with Gasteiger partial charge in [-0.2, -0.15) is 0 Å². The van der Waals surface area contributed by atoms with E-state index in [1.165, 1.54) is 17.8 Å². The molecular formula is C25H33N9O4. The molecule has 0 saturated carbocycles. The number of hydrogen-bond donors (Lipinski definition) is 4. The lowest BCUT2D eigenvalue weighted by atomic mass is 9.98.